The summed E-state index contributed by atoms with van der Waals surface area (Å²) in [6, 6.07) is 7.10. The van der Waals surface area contributed by atoms with Gasteiger partial charge in [-0.2, -0.15) is 0 Å². The maximum absolute atomic E-state index is 12.2. The molecule has 0 saturated heterocycles. The first kappa shape index (κ1) is 15.6. The van der Waals surface area contributed by atoms with Crippen molar-refractivity contribution < 1.29 is 14.7 Å². The molecule has 1 aliphatic rings. The van der Waals surface area contributed by atoms with Crippen LogP contribution in [0, 0.1) is 11.3 Å². The van der Waals surface area contributed by atoms with Crippen molar-refractivity contribution in [3.05, 3.63) is 29.8 Å². The third-order valence-corrected chi connectivity index (χ3v) is 3.79. The zero-order valence-electron chi connectivity index (χ0n) is 12.7. The normalized spacial score (nSPS) is 19.9. The van der Waals surface area contributed by atoms with E-state index < -0.39 is 5.92 Å². The predicted molar refractivity (Wildman–Crippen MR) is 81.7 cm³/mol. The number of benzene rings is 1. The second-order valence-corrected chi connectivity index (χ2v) is 6.46. The zero-order chi connectivity index (χ0) is 15.6. The average Bonchev–Trinajstić information content (AvgIpc) is 2.37. The first-order chi connectivity index (χ1) is 9.82. The lowest BCUT2D eigenvalue weighted by Crippen LogP contribution is -2.41. The van der Waals surface area contributed by atoms with Crippen LogP contribution in [-0.2, 0) is 16.2 Å². The van der Waals surface area contributed by atoms with Crippen LogP contribution in [0.1, 0.15) is 39.2 Å². The van der Waals surface area contributed by atoms with Gasteiger partial charge in [-0.15, -0.1) is 0 Å². The summed E-state index contributed by atoms with van der Waals surface area (Å²) >= 11 is 0. The molecule has 1 aromatic carbocycles. The van der Waals surface area contributed by atoms with E-state index in [1.54, 1.807) is 31.2 Å². The summed E-state index contributed by atoms with van der Waals surface area (Å²) in [5, 5.41) is 9.01. The Morgan fingerprint density at radius 1 is 1.19 bits per heavy atom. The molecule has 4 nitrogen and oxygen atoms in total. The third kappa shape index (κ3) is 3.64. The van der Waals surface area contributed by atoms with Crippen LogP contribution in [0.3, 0.4) is 0 Å². The molecule has 0 heterocycles. The fourth-order valence-electron chi connectivity index (χ4n) is 2.80. The van der Waals surface area contributed by atoms with Crippen LogP contribution in [-0.4, -0.2) is 22.4 Å². The van der Waals surface area contributed by atoms with Crippen molar-refractivity contribution in [2.75, 3.05) is 0 Å². The van der Waals surface area contributed by atoms with Crippen molar-refractivity contribution >= 4 is 23.0 Å². The summed E-state index contributed by atoms with van der Waals surface area (Å²) < 4.78 is 0. The van der Waals surface area contributed by atoms with Crippen molar-refractivity contribution in [2.24, 2.45) is 16.3 Å². The number of nitrogens with zero attached hydrogens (tertiary/aromatic N) is 1. The molecule has 0 spiro atoms. The number of hydrogen-bond donors (Lipinski definition) is 1. The van der Waals surface area contributed by atoms with Crippen LogP contribution >= 0.6 is 0 Å². The minimum atomic E-state index is -0.699. The molecular formula is C17H21NO3. The molecule has 0 aliphatic heterocycles. The molecule has 4 heteroatoms. The maximum Gasteiger partial charge on any atom is 0.149 e. The minimum Gasteiger partial charge on any atom is -0.392 e. The van der Waals surface area contributed by atoms with Crippen molar-refractivity contribution in [2.45, 2.75) is 40.2 Å². The van der Waals surface area contributed by atoms with Crippen LogP contribution in [0.25, 0.3) is 0 Å². The Bertz CT molecular complexity index is 565. The highest BCUT2D eigenvalue weighted by Crippen LogP contribution is 2.34. The molecule has 0 bridgehead atoms. The molecular weight excluding hydrogens is 266 g/mol. The number of aliphatic imine (C=N–C) groups is 1. The fourth-order valence-corrected chi connectivity index (χ4v) is 2.80. The van der Waals surface area contributed by atoms with Crippen molar-refractivity contribution in [3.8, 4) is 0 Å². The average molecular weight is 287 g/mol. The van der Waals surface area contributed by atoms with Crippen LogP contribution in [0.2, 0.25) is 0 Å². The summed E-state index contributed by atoms with van der Waals surface area (Å²) in [5.74, 6) is -0.774. The molecule has 2 rings (SSSR count). The second kappa shape index (κ2) is 5.90. The summed E-state index contributed by atoms with van der Waals surface area (Å²) in [7, 11) is 0. The van der Waals surface area contributed by atoms with Crippen molar-refractivity contribution in [1.82, 2.24) is 0 Å². The lowest BCUT2D eigenvalue weighted by atomic mass is 9.70. The van der Waals surface area contributed by atoms with Gasteiger partial charge in [0.1, 0.15) is 17.5 Å². The Kier molecular flexibility index (Phi) is 4.37. The van der Waals surface area contributed by atoms with Gasteiger partial charge >= 0.3 is 0 Å². The summed E-state index contributed by atoms with van der Waals surface area (Å²) in [5.41, 5.74) is 1.80. The topological polar surface area (TPSA) is 66.7 Å². The standard InChI is InChI=1S/C17H21NO3/c1-11(18-13-6-4-12(10-19)5-7-13)16-14(20)8-17(2,3)9-15(16)21/h4-7,16,19H,8-10H2,1-3H3. The number of aliphatic hydroxyl groups excluding tert-OH is 1. The monoisotopic (exact) mass is 287 g/mol. The summed E-state index contributed by atoms with van der Waals surface area (Å²) in [6.45, 7) is 5.61. The predicted octanol–water partition coefficient (Wildman–Crippen LogP) is 2.85. The van der Waals surface area contributed by atoms with E-state index in [1.165, 1.54) is 0 Å². The van der Waals surface area contributed by atoms with Gasteiger partial charge in [-0.25, -0.2) is 0 Å². The summed E-state index contributed by atoms with van der Waals surface area (Å²) in [4.78, 5) is 28.8. The molecule has 1 saturated carbocycles. The molecule has 112 valence electrons. The van der Waals surface area contributed by atoms with Crippen LogP contribution in [0.4, 0.5) is 5.69 Å². The Balaban J connectivity index is 2.21. The number of carbonyl (C=O) groups is 2. The minimum absolute atomic E-state index is 0.0162. The molecule has 0 atom stereocenters. The Hall–Kier alpha value is -1.81. The van der Waals surface area contributed by atoms with Crippen LogP contribution in [0.15, 0.2) is 29.3 Å². The summed E-state index contributed by atoms with van der Waals surface area (Å²) in [6.07, 6.45) is 0.833. The van der Waals surface area contributed by atoms with E-state index in [0.717, 1.165) is 5.56 Å². The maximum atomic E-state index is 12.2. The van der Waals surface area contributed by atoms with Gasteiger partial charge < -0.3 is 5.11 Å². The van der Waals surface area contributed by atoms with E-state index in [0.29, 0.717) is 24.2 Å². The Morgan fingerprint density at radius 3 is 2.19 bits per heavy atom. The number of rotatable bonds is 3. The van der Waals surface area contributed by atoms with Gasteiger partial charge in [-0.05, 0) is 30.0 Å². The van der Waals surface area contributed by atoms with E-state index in [-0.39, 0.29) is 23.6 Å². The van der Waals surface area contributed by atoms with Crippen molar-refractivity contribution in [3.63, 3.8) is 0 Å². The van der Waals surface area contributed by atoms with Gasteiger partial charge in [-0.1, -0.05) is 26.0 Å². The first-order valence-electron chi connectivity index (χ1n) is 7.13. The lowest BCUT2D eigenvalue weighted by molar-refractivity contribution is -0.136. The molecule has 0 aromatic heterocycles. The largest absolute Gasteiger partial charge is 0.392 e. The smallest absolute Gasteiger partial charge is 0.149 e. The van der Waals surface area contributed by atoms with E-state index in [1.807, 2.05) is 13.8 Å². The van der Waals surface area contributed by atoms with Crippen molar-refractivity contribution in [1.29, 1.82) is 0 Å². The van der Waals surface area contributed by atoms with E-state index in [4.69, 9.17) is 5.11 Å². The third-order valence-electron chi connectivity index (χ3n) is 3.79. The highest BCUT2D eigenvalue weighted by atomic mass is 16.3. The zero-order valence-corrected chi connectivity index (χ0v) is 12.7. The molecule has 1 N–H and O–H groups in total. The van der Waals surface area contributed by atoms with Gasteiger partial charge in [0, 0.05) is 18.6 Å². The molecule has 1 fully saturated rings. The van der Waals surface area contributed by atoms with Crippen LogP contribution in [0.5, 0.6) is 0 Å². The molecule has 1 aliphatic carbocycles. The lowest BCUT2D eigenvalue weighted by Gasteiger charge is -2.31. The number of Topliss-reactive ketones (excluding diaryl/α,β-unsaturated/α-hetero) is 2. The van der Waals surface area contributed by atoms with Gasteiger partial charge in [0.15, 0.2) is 0 Å². The molecule has 0 radical (unpaired) electrons. The first-order valence-corrected chi connectivity index (χ1v) is 7.13. The number of carbonyl (C=O) groups excluding carboxylic acids is 2. The van der Waals surface area contributed by atoms with E-state index >= 15 is 0 Å². The molecule has 0 unspecified atom stereocenters. The second-order valence-electron chi connectivity index (χ2n) is 6.46. The van der Waals surface area contributed by atoms with E-state index in [9.17, 15) is 9.59 Å². The Labute approximate surface area is 124 Å². The molecule has 21 heavy (non-hydrogen) atoms. The van der Waals surface area contributed by atoms with Gasteiger partial charge in [0.2, 0.25) is 0 Å². The molecule has 1 aromatic rings. The van der Waals surface area contributed by atoms with Gasteiger partial charge in [0.05, 0.1) is 12.3 Å². The van der Waals surface area contributed by atoms with Gasteiger partial charge in [-0.3, -0.25) is 14.6 Å². The SMILES string of the molecule is CC(=Nc1ccc(CO)cc1)C1C(=O)CC(C)(C)CC1=O. The highest BCUT2D eigenvalue weighted by molar-refractivity contribution is 6.22. The number of hydrogen-bond acceptors (Lipinski definition) is 4. The number of ketones is 2. The Morgan fingerprint density at radius 2 is 1.71 bits per heavy atom. The quantitative estimate of drug-likeness (QED) is 0.686. The highest BCUT2D eigenvalue weighted by Gasteiger charge is 2.40. The molecule has 0 amide bonds. The number of aliphatic hydroxyl groups is 1. The van der Waals surface area contributed by atoms with Crippen LogP contribution < -0.4 is 0 Å². The van der Waals surface area contributed by atoms with E-state index in [2.05, 4.69) is 4.99 Å². The fraction of sp³-hybridized carbons (Fsp3) is 0.471. The van der Waals surface area contributed by atoms with Gasteiger partial charge in [0.25, 0.3) is 0 Å².